The van der Waals surface area contributed by atoms with Gasteiger partial charge in [0.15, 0.2) is 0 Å². The molecule has 2 aliphatic rings. The van der Waals surface area contributed by atoms with Gasteiger partial charge in [0.2, 0.25) is 0 Å². The highest BCUT2D eigenvalue weighted by Crippen LogP contribution is 2.22. The maximum Gasteiger partial charge on any atom is 0.255 e. The van der Waals surface area contributed by atoms with Gasteiger partial charge in [-0.25, -0.2) is 4.39 Å². The van der Waals surface area contributed by atoms with Gasteiger partial charge < -0.3 is 14.7 Å². The Morgan fingerprint density at radius 1 is 0.846 bits per heavy atom. The van der Waals surface area contributed by atoms with Crippen LogP contribution in [0.1, 0.15) is 23.2 Å². The Hall–Kier alpha value is -2.63. The first-order valence-corrected chi connectivity index (χ1v) is 9.20. The monoisotopic (exact) mass is 354 g/mol. The molecule has 1 aromatic carbocycles. The average Bonchev–Trinajstić information content (AvgIpc) is 3.23. The summed E-state index contributed by atoms with van der Waals surface area (Å²) in [5, 5.41) is 0. The number of carbonyl (C=O) groups is 1. The molecule has 2 fully saturated rings. The summed E-state index contributed by atoms with van der Waals surface area (Å²) in [6.07, 6.45) is 5.67. The molecule has 0 bridgehead atoms. The van der Waals surface area contributed by atoms with Gasteiger partial charge in [-0.3, -0.25) is 9.78 Å². The normalized spacial score (nSPS) is 17.7. The van der Waals surface area contributed by atoms with Crippen molar-refractivity contribution < 1.29 is 9.18 Å². The Kier molecular flexibility index (Phi) is 4.73. The predicted octanol–water partition coefficient (Wildman–Crippen LogP) is 2.78. The molecule has 136 valence electrons. The molecule has 4 rings (SSSR count). The molecule has 0 saturated carbocycles. The number of rotatable bonds is 3. The summed E-state index contributed by atoms with van der Waals surface area (Å²) >= 11 is 0. The summed E-state index contributed by atoms with van der Waals surface area (Å²) in [6.45, 7) is 5.10. The minimum Gasteiger partial charge on any atom is -0.368 e. The number of benzene rings is 1. The molecule has 1 amide bonds. The number of hydrogen-bond acceptors (Lipinski definition) is 4. The fraction of sp³-hybridized carbons (Fsp3) is 0.400. The molecule has 2 aromatic rings. The number of nitrogens with zero attached hydrogens (tertiary/aromatic N) is 4. The van der Waals surface area contributed by atoms with Crippen molar-refractivity contribution >= 4 is 17.3 Å². The zero-order valence-corrected chi connectivity index (χ0v) is 14.8. The average molecular weight is 354 g/mol. The van der Waals surface area contributed by atoms with E-state index in [0.717, 1.165) is 63.5 Å². The molecule has 0 radical (unpaired) electrons. The Labute approximate surface area is 153 Å². The summed E-state index contributed by atoms with van der Waals surface area (Å²) in [6, 6.07) is 8.60. The third-order valence-electron chi connectivity index (χ3n) is 5.20. The Morgan fingerprint density at radius 3 is 2.12 bits per heavy atom. The number of hydrogen-bond donors (Lipinski definition) is 0. The first kappa shape index (κ1) is 16.8. The molecular weight excluding hydrogens is 331 g/mol. The summed E-state index contributed by atoms with van der Waals surface area (Å²) in [5.41, 5.74) is 2.71. The molecule has 0 aliphatic carbocycles. The molecule has 6 heteroatoms. The second-order valence-corrected chi connectivity index (χ2v) is 6.88. The van der Waals surface area contributed by atoms with Gasteiger partial charge >= 0.3 is 0 Å². The molecule has 1 aromatic heterocycles. The van der Waals surface area contributed by atoms with Gasteiger partial charge in [0.25, 0.3) is 5.91 Å². The molecule has 0 spiro atoms. The molecule has 2 saturated heterocycles. The highest BCUT2D eigenvalue weighted by molar-refractivity contribution is 5.95. The van der Waals surface area contributed by atoms with Crippen molar-refractivity contribution in [2.45, 2.75) is 12.8 Å². The van der Waals surface area contributed by atoms with Crippen LogP contribution >= 0.6 is 0 Å². The number of aromatic nitrogens is 1. The maximum absolute atomic E-state index is 13.1. The van der Waals surface area contributed by atoms with E-state index < -0.39 is 0 Å². The highest BCUT2D eigenvalue weighted by atomic mass is 19.1. The first-order valence-electron chi connectivity index (χ1n) is 9.20. The van der Waals surface area contributed by atoms with Gasteiger partial charge in [0.05, 0.1) is 17.4 Å². The van der Waals surface area contributed by atoms with Crippen molar-refractivity contribution in [2.75, 3.05) is 49.1 Å². The Balaban J connectivity index is 1.42. The minimum absolute atomic E-state index is 0.0850. The lowest BCUT2D eigenvalue weighted by molar-refractivity contribution is 0.0792. The second kappa shape index (κ2) is 7.32. The third-order valence-corrected chi connectivity index (χ3v) is 5.20. The van der Waals surface area contributed by atoms with Crippen LogP contribution in [0.2, 0.25) is 0 Å². The third kappa shape index (κ3) is 3.49. The van der Waals surface area contributed by atoms with Crippen LogP contribution in [-0.2, 0) is 0 Å². The largest absolute Gasteiger partial charge is 0.368 e. The molecule has 0 unspecified atom stereocenters. The smallest absolute Gasteiger partial charge is 0.255 e. The predicted molar refractivity (Wildman–Crippen MR) is 100 cm³/mol. The quantitative estimate of drug-likeness (QED) is 0.850. The van der Waals surface area contributed by atoms with E-state index in [4.69, 9.17) is 0 Å². The molecule has 3 heterocycles. The second-order valence-electron chi connectivity index (χ2n) is 6.88. The van der Waals surface area contributed by atoms with E-state index in [-0.39, 0.29) is 11.7 Å². The highest BCUT2D eigenvalue weighted by Gasteiger charge is 2.22. The number of halogens is 1. The SMILES string of the molecule is O=C(c1cncc(N2CCN(c3ccc(F)cc3)CC2)c1)N1CCCC1. The lowest BCUT2D eigenvalue weighted by Gasteiger charge is -2.37. The molecule has 5 nitrogen and oxygen atoms in total. The first-order chi connectivity index (χ1) is 12.7. The summed E-state index contributed by atoms with van der Waals surface area (Å²) in [7, 11) is 0. The number of carbonyl (C=O) groups excluding carboxylic acids is 1. The van der Waals surface area contributed by atoms with Gasteiger partial charge in [-0.05, 0) is 43.2 Å². The zero-order chi connectivity index (χ0) is 17.9. The van der Waals surface area contributed by atoms with E-state index in [9.17, 15) is 9.18 Å². The van der Waals surface area contributed by atoms with Gasteiger partial charge in [-0.2, -0.15) is 0 Å². The number of pyridine rings is 1. The summed E-state index contributed by atoms with van der Waals surface area (Å²) in [5.74, 6) is -0.125. The van der Waals surface area contributed by atoms with E-state index in [1.54, 1.807) is 6.20 Å². The number of anilines is 2. The lowest BCUT2D eigenvalue weighted by Crippen LogP contribution is -2.46. The van der Waals surface area contributed by atoms with Crippen LogP contribution < -0.4 is 9.80 Å². The van der Waals surface area contributed by atoms with Gasteiger partial charge in [-0.1, -0.05) is 0 Å². The van der Waals surface area contributed by atoms with Crippen molar-refractivity contribution in [2.24, 2.45) is 0 Å². The fourth-order valence-electron chi connectivity index (χ4n) is 3.70. The van der Waals surface area contributed by atoms with Crippen molar-refractivity contribution in [1.82, 2.24) is 9.88 Å². The molecule has 0 atom stereocenters. The van der Waals surface area contributed by atoms with E-state index in [1.165, 1.54) is 12.1 Å². The molecule has 0 N–H and O–H groups in total. The summed E-state index contributed by atoms with van der Waals surface area (Å²) in [4.78, 5) is 23.3. The standard InChI is InChI=1S/C20H23FN4O/c21-17-3-5-18(6-4-17)23-9-11-24(12-10-23)19-13-16(14-22-15-19)20(26)25-7-1-2-8-25/h3-6,13-15H,1-2,7-12H2. The summed E-state index contributed by atoms with van der Waals surface area (Å²) < 4.78 is 13.1. The fourth-order valence-corrected chi connectivity index (χ4v) is 3.70. The van der Waals surface area contributed by atoms with Crippen LogP contribution in [0.5, 0.6) is 0 Å². The van der Waals surface area contributed by atoms with Crippen LogP contribution in [0.3, 0.4) is 0 Å². The Morgan fingerprint density at radius 2 is 1.46 bits per heavy atom. The molecule has 26 heavy (non-hydrogen) atoms. The van der Waals surface area contributed by atoms with Crippen LogP contribution in [0.15, 0.2) is 42.7 Å². The van der Waals surface area contributed by atoms with Gasteiger partial charge in [-0.15, -0.1) is 0 Å². The molecule has 2 aliphatic heterocycles. The van der Waals surface area contributed by atoms with Crippen LogP contribution in [0.4, 0.5) is 15.8 Å². The van der Waals surface area contributed by atoms with E-state index in [2.05, 4.69) is 14.8 Å². The van der Waals surface area contributed by atoms with Crippen molar-refractivity contribution in [3.05, 3.63) is 54.1 Å². The van der Waals surface area contributed by atoms with E-state index in [0.29, 0.717) is 5.56 Å². The number of amides is 1. The maximum atomic E-state index is 13.1. The minimum atomic E-state index is -0.210. The van der Waals surface area contributed by atoms with Gasteiger partial charge in [0.1, 0.15) is 5.82 Å². The van der Waals surface area contributed by atoms with E-state index in [1.807, 2.05) is 29.3 Å². The van der Waals surface area contributed by atoms with Crippen LogP contribution in [0, 0.1) is 5.82 Å². The van der Waals surface area contributed by atoms with Crippen LogP contribution in [0.25, 0.3) is 0 Å². The van der Waals surface area contributed by atoms with Crippen molar-refractivity contribution in [3.8, 4) is 0 Å². The van der Waals surface area contributed by atoms with Crippen molar-refractivity contribution in [1.29, 1.82) is 0 Å². The van der Waals surface area contributed by atoms with Gasteiger partial charge in [0, 0.05) is 51.2 Å². The molecular formula is C20H23FN4O. The lowest BCUT2D eigenvalue weighted by atomic mass is 10.2. The Bertz CT molecular complexity index is 766. The number of likely N-dealkylation sites (tertiary alicyclic amines) is 1. The van der Waals surface area contributed by atoms with Crippen molar-refractivity contribution in [3.63, 3.8) is 0 Å². The van der Waals surface area contributed by atoms with E-state index >= 15 is 0 Å². The van der Waals surface area contributed by atoms with Crippen LogP contribution in [-0.4, -0.2) is 55.1 Å². The topological polar surface area (TPSA) is 39.7 Å². The zero-order valence-electron chi connectivity index (χ0n) is 14.8. The number of piperazine rings is 1.